The summed E-state index contributed by atoms with van der Waals surface area (Å²) in [6.45, 7) is 4.61. The molecule has 1 aliphatic carbocycles. The van der Waals surface area contributed by atoms with Crippen molar-refractivity contribution in [3.8, 4) is 17.2 Å². The van der Waals surface area contributed by atoms with Gasteiger partial charge < -0.3 is 24.5 Å². The number of hydrogen-bond donors (Lipinski definition) is 2. The van der Waals surface area contributed by atoms with Gasteiger partial charge in [0.15, 0.2) is 11.2 Å². The largest absolute Gasteiger partial charge is 0.494 e. The number of fused-ring (bicyclic) bond motifs is 3. The SMILES string of the molecule is CCOc1cc(OCC)c2c(c1)O[C@@]1(c3ccc(Cl)cc3)[C@H](c3ccccc3)C/C(=N\O)[C@@]21O. The van der Waals surface area contributed by atoms with E-state index in [2.05, 4.69) is 5.16 Å². The number of aliphatic hydroxyl groups is 1. The van der Waals surface area contributed by atoms with Gasteiger partial charge in [0, 0.05) is 29.5 Å². The lowest BCUT2D eigenvalue weighted by Crippen LogP contribution is -2.50. The first-order valence-electron chi connectivity index (χ1n) is 11.4. The minimum absolute atomic E-state index is 0.208. The maximum absolute atomic E-state index is 12.6. The number of oxime groups is 1. The van der Waals surface area contributed by atoms with Gasteiger partial charge in [0.2, 0.25) is 0 Å². The van der Waals surface area contributed by atoms with Crippen molar-refractivity contribution in [2.45, 2.75) is 37.4 Å². The molecule has 5 rings (SSSR count). The van der Waals surface area contributed by atoms with E-state index in [9.17, 15) is 10.3 Å². The maximum atomic E-state index is 12.6. The van der Waals surface area contributed by atoms with Gasteiger partial charge in [0.1, 0.15) is 17.2 Å². The average molecular weight is 480 g/mol. The second kappa shape index (κ2) is 8.53. The Morgan fingerprint density at radius 3 is 2.38 bits per heavy atom. The van der Waals surface area contributed by atoms with Crippen LogP contribution in [0.2, 0.25) is 5.02 Å². The first-order valence-corrected chi connectivity index (χ1v) is 11.7. The predicted molar refractivity (Wildman–Crippen MR) is 129 cm³/mol. The van der Waals surface area contributed by atoms with Crippen LogP contribution in [-0.4, -0.2) is 29.2 Å². The molecular weight excluding hydrogens is 454 g/mol. The number of benzene rings is 3. The van der Waals surface area contributed by atoms with E-state index in [1.807, 2.05) is 56.3 Å². The standard InChI is InChI=1S/C27H26ClNO5/c1-3-32-20-14-22(33-4-2)25-23(15-20)34-27(18-10-12-19(28)13-11-18)21(17-8-6-5-7-9-17)16-24(29-31)26(25,27)30/h5-15,21,30-31H,3-4,16H2,1-2H3/b29-24+/t21-,26+,27-/m0/s1. The summed E-state index contributed by atoms with van der Waals surface area (Å²) in [5.41, 5.74) is -0.812. The molecule has 1 heterocycles. The molecular formula is C27H26ClNO5. The number of nitrogens with zero attached hydrogens (tertiary/aromatic N) is 1. The van der Waals surface area contributed by atoms with Crippen molar-refractivity contribution in [3.63, 3.8) is 0 Å². The Bertz CT molecular complexity index is 1230. The van der Waals surface area contributed by atoms with E-state index < -0.39 is 11.2 Å². The van der Waals surface area contributed by atoms with E-state index in [4.69, 9.17) is 25.8 Å². The first-order chi connectivity index (χ1) is 16.5. The molecule has 1 aliphatic heterocycles. The lowest BCUT2D eigenvalue weighted by atomic mass is 9.71. The third-order valence-electron chi connectivity index (χ3n) is 6.72. The third-order valence-corrected chi connectivity index (χ3v) is 6.97. The second-order valence-electron chi connectivity index (χ2n) is 8.43. The zero-order valence-electron chi connectivity index (χ0n) is 19.0. The Morgan fingerprint density at radius 2 is 1.74 bits per heavy atom. The van der Waals surface area contributed by atoms with Gasteiger partial charge in [0.05, 0.1) is 24.5 Å². The summed E-state index contributed by atoms with van der Waals surface area (Å²) < 4.78 is 18.5. The maximum Gasteiger partial charge on any atom is 0.183 e. The molecule has 0 saturated heterocycles. The van der Waals surface area contributed by atoms with Crippen molar-refractivity contribution in [2.24, 2.45) is 5.16 Å². The quantitative estimate of drug-likeness (QED) is 0.353. The first kappa shape index (κ1) is 22.6. The van der Waals surface area contributed by atoms with E-state index in [-0.39, 0.29) is 18.1 Å². The van der Waals surface area contributed by atoms with Crippen LogP contribution in [0.25, 0.3) is 0 Å². The van der Waals surface area contributed by atoms with Crippen molar-refractivity contribution in [2.75, 3.05) is 13.2 Å². The average Bonchev–Trinajstić information content (AvgIpc) is 3.25. The van der Waals surface area contributed by atoms with Crippen LogP contribution in [0.3, 0.4) is 0 Å². The highest BCUT2D eigenvalue weighted by atomic mass is 35.5. The van der Waals surface area contributed by atoms with Gasteiger partial charge in [-0.15, -0.1) is 0 Å². The number of ether oxygens (including phenoxy) is 3. The van der Waals surface area contributed by atoms with E-state index in [0.29, 0.717) is 46.6 Å². The van der Waals surface area contributed by atoms with Crippen LogP contribution in [0, 0.1) is 0 Å². The Balaban J connectivity index is 1.83. The van der Waals surface area contributed by atoms with Crippen LogP contribution in [0.15, 0.2) is 71.9 Å². The fraction of sp³-hybridized carbons (Fsp3) is 0.296. The molecule has 34 heavy (non-hydrogen) atoms. The summed E-state index contributed by atoms with van der Waals surface area (Å²) in [5, 5.41) is 26.9. The highest BCUT2D eigenvalue weighted by Gasteiger charge is 2.73. The van der Waals surface area contributed by atoms with Crippen LogP contribution in [0.5, 0.6) is 17.2 Å². The molecule has 1 saturated carbocycles. The van der Waals surface area contributed by atoms with Gasteiger partial charge in [0.25, 0.3) is 0 Å². The number of halogens is 1. The van der Waals surface area contributed by atoms with Crippen molar-refractivity contribution in [1.82, 2.24) is 0 Å². The van der Waals surface area contributed by atoms with E-state index in [0.717, 1.165) is 5.56 Å². The van der Waals surface area contributed by atoms with Gasteiger partial charge in [-0.3, -0.25) is 0 Å². The Morgan fingerprint density at radius 1 is 1.03 bits per heavy atom. The third kappa shape index (κ3) is 3.09. The fourth-order valence-corrected chi connectivity index (χ4v) is 5.57. The zero-order chi connectivity index (χ0) is 23.9. The highest BCUT2D eigenvalue weighted by molar-refractivity contribution is 6.30. The molecule has 0 bridgehead atoms. The second-order valence-corrected chi connectivity index (χ2v) is 8.87. The lowest BCUT2D eigenvalue weighted by molar-refractivity contribution is -0.0754. The molecule has 0 amide bonds. The van der Waals surface area contributed by atoms with Gasteiger partial charge >= 0.3 is 0 Å². The van der Waals surface area contributed by atoms with Crippen LogP contribution in [0.4, 0.5) is 0 Å². The van der Waals surface area contributed by atoms with Crippen LogP contribution < -0.4 is 14.2 Å². The van der Waals surface area contributed by atoms with E-state index in [1.165, 1.54) is 0 Å². The monoisotopic (exact) mass is 479 g/mol. The number of rotatable bonds is 6. The van der Waals surface area contributed by atoms with E-state index >= 15 is 0 Å². The van der Waals surface area contributed by atoms with Crippen molar-refractivity contribution >= 4 is 17.3 Å². The molecule has 3 aromatic rings. The molecule has 176 valence electrons. The minimum Gasteiger partial charge on any atom is -0.494 e. The predicted octanol–water partition coefficient (Wildman–Crippen LogP) is 5.63. The van der Waals surface area contributed by atoms with Gasteiger partial charge in [-0.1, -0.05) is 59.2 Å². The Kier molecular flexibility index (Phi) is 5.66. The summed E-state index contributed by atoms with van der Waals surface area (Å²) in [7, 11) is 0. The van der Waals surface area contributed by atoms with Gasteiger partial charge in [-0.25, -0.2) is 0 Å². The molecule has 1 fully saturated rings. The van der Waals surface area contributed by atoms with Crippen LogP contribution >= 0.6 is 11.6 Å². The Hall–Kier alpha value is -3.22. The molecule has 3 aromatic carbocycles. The molecule has 2 N–H and O–H groups in total. The zero-order valence-corrected chi connectivity index (χ0v) is 19.7. The molecule has 0 unspecified atom stereocenters. The minimum atomic E-state index is -1.79. The molecule has 2 aliphatic rings. The van der Waals surface area contributed by atoms with Crippen molar-refractivity contribution in [3.05, 3.63) is 88.4 Å². The van der Waals surface area contributed by atoms with Gasteiger partial charge in [-0.05, 0) is 37.1 Å². The van der Waals surface area contributed by atoms with Crippen LogP contribution in [-0.2, 0) is 11.2 Å². The van der Waals surface area contributed by atoms with Gasteiger partial charge in [-0.2, -0.15) is 0 Å². The molecule has 3 atom stereocenters. The summed E-state index contributed by atoms with van der Waals surface area (Å²) in [5.74, 6) is 1.06. The summed E-state index contributed by atoms with van der Waals surface area (Å²) in [4.78, 5) is 0. The molecule has 6 nitrogen and oxygen atoms in total. The lowest BCUT2D eigenvalue weighted by Gasteiger charge is -2.39. The molecule has 0 radical (unpaired) electrons. The highest BCUT2D eigenvalue weighted by Crippen LogP contribution is 2.67. The molecule has 0 aromatic heterocycles. The van der Waals surface area contributed by atoms with E-state index in [1.54, 1.807) is 24.3 Å². The van der Waals surface area contributed by atoms with Crippen molar-refractivity contribution in [1.29, 1.82) is 0 Å². The summed E-state index contributed by atoms with van der Waals surface area (Å²) >= 11 is 6.21. The summed E-state index contributed by atoms with van der Waals surface area (Å²) in [6.07, 6.45) is 0.290. The van der Waals surface area contributed by atoms with Crippen LogP contribution in [0.1, 0.15) is 42.9 Å². The topological polar surface area (TPSA) is 80.5 Å². The fourth-order valence-electron chi connectivity index (χ4n) is 5.44. The normalized spacial score (nSPS) is 26.1. The van der Waals surface area contributed by atoms with Crippen molar-refractivity contribution < 1.29 is 24.5 Å². The summed E-state index contributed by atoms with van der Waals surface area (Å²) in [6, 6.07) is 20.5. The molecule has 7 heteroatoms. The Labute approximate surface area is 203 Å². The molecule has 0 spiro atoms. The smallest absolute Gasteiger partial charge is 0.183 e. The number of hydrogen-bond acceptors (Lipinski definition) is 6.